The molecule has 0 aliphatic carbocycles. The molecule has 29 heavy (non-hydrogen) atoms. The SMILES string of the molecule is COc1ccc(NC(=O)CNc2ccccc2C(=O)NCc2ccccc2)cc1. The Labute approximate surface area is 169 Å². The van der Waals surface area contributed by atoms with Crippen molar-refractivity contribution in [2.75, 3.05) is 24.3 Å². The molecule has 0 saturated carbocycles. The minimum absolute atomic E-state index is 0.0367. The van der Waals surface area contributed by atoms with Crippen LogP contribution in [0.15, 0.2) is 78.9 Å². The van der Waals surface area contributed by atoms with E-state index in [2.05, 4.69) is 16.0 Å². The third kappa shape index (κ3) is 5.84. The molecular formula is C23H23N3O3. The number of hydrogen-bond donors (Lipinski definition) is 3. The average Bonchev–Trinajstić information content (AvgIpc) is 2.77. The van der Waals surface area contributed by atoms with Crippen molar-refractivity contribution in [1.29, 1.82) is 0 Å². The van der Waals surface area contributed by atoms with Gasteiger partial charge in [0.25, 0.3) is 5.91 Å². The van der Waals surface area contributed by atoms with E-state index in [0.717, 1.165) is 11.3 Å². The number of nitrogens with one attached hydrogen (secondary N) is 3. The molecule has 2 amide bonds. The molecule has 6 nitrogen and oxygen atoms in total. The fraction of sp³-hybridized carbons (Fsp3) is 0.130. The standard InChI is InChI=1S/C23H23N3O3/c1-29-19-13-11-18(12-14-19)26-22(27)16-24-21-10-6-5-9-20(21)23(28)25-15-17-7-3-2-4-8-17/h2-14,24H,15-16H2,1H3,(H,25,28)(H,26,27). The maximum absolute atomic E-state index is 12.6. The average molecular weight is 389 g/mol. The summed E-state index contributed by atoms with van der Waals surface area (Å²) >= 11 is 0. The molecule has 0 heterocycles. The largest absolute Gasteiger partial charge is 0.497 e. The first-order valence-corrected chi connectivity index (χ1v) is 9.24. The predicted octanol–water partition coefficient (Wildman–Crippen LogP) is 3.68. The van der Waals surface area contributed by atoms with Crippen LogP contribution in [0.25, 0.3) is 0 Å². The Morgan fingerprint density at radius 2 is 1.55 bits per heavy atom. The molecule has 0 unspecified atom stereocenters. The molecule has 3 aromatic rings. The monoisotopic (exact) mass is 389 g/mol. The molecule has 0 spiro atoms. The van der Waals surface area contributed by atoms with E-state index in [-0.39, 0.29) is 18.4 Å². The van der Waals surface area contributed by atoms with Crippen LogP contribution in [-0.2, 0) is 11.3 Å². The molecule has 0 aliphatic rings. The van der Waals surface area contributed by atoms with Crippen LogP contribution >= 0.6 is 0 Å². The smallest absolute Gasteiger partial charge is 0.253 e. The first-order valence-electron chi connectivity index (χ1n) is 9.24. The van der Waals surface area contributed by atoms with Gasteiger partial charge in [0.2, 0.25) is 5.91 Å². The number of carbonyl (C=O) groups is 2. The third-order valence-corrected chi connectivity index (χ3v) is 4.28. The summed E-state index contributed by atoms with van der Waals surface area (Å²) in [5.41, 5.74) is 2.78. The summed E-state index contributed by atoms with van der Waals surface area (Å²) in [5.74, 6) is 0.304. The Morgan fingerprint density at radius 1 is 0.862 bits per heavy atom. The highest BCUT2D eigenvalue weighted by Crippen LogP contribution is 2.16. The van der Waals surface area contributed by atoms with Crippen LogP contribution in [0.3, 0.4) is 0 Å². The van der Waals surface area contributed by atoms with Gasteiger partial charge in [0.15, 0.2) is 0 Å². The highest BCUT2D eigenvalue weighted by Gasteiger charge is 2.12. The van der Waals surface area contributed by atoms with Gasteiger partial charge in [-0.1, -0.05) is 42.5 Å². The molecule has 0 aliphatic heterocycles. The lowest BCUT2D eigenvalue weighted by atomic mass is 10.1. The van der Waals surface area contributed by atoms with Crippen molar-refractivity contribution in [2.24, 2.45) is 0 Å². The van der Waals surface area contributed by atoms with Gasteiger partial charge in [0, 0.05) is 17.9 Å². The second-order valence-electron chi connectivity index (χ2n) is 6.34. The van der Waals surface area contributed by atoms with Crippen LogP contribution in [0.1, 0.15) is 15.9 Å². The number of benzene rings is 3. The second-order valence-corrected chi connectivity index (χ2v) is 6.34. The zero-order valence-electron chi connectivity index (χ0n) is 16.1. The fourth-order valence-electron chi connectivity index (χ4n) is 2.76. The Morgan fingerprint density at radius 3 is 2.28 bits per heavy atom. The molecule has 0 atom stereocenters. The number of anilines is 2. The highest BCUT2D eigenvalue weighted by molar-refractivity contribution is 6.00. The lowest BCUT2D eigenvalue weighted by Gasteiger charge is -2.13. The van der Waals surface area contributed by atoms with Gasteiger partial charge in [0.1, 0.15) is 5.75 Å². The normalized spacial score (nSPS) is 10.1. The van der Waals surface area contributed by atoms with Gasteiger partial charge < -0.3 is 20.7 Å². The van der Waals surface area contributed by atoms with E-state index in [1.807, 2.05) is 36.4 Å². The molecule has 148 valence electrons. The molecule has 3 rings (SSSR count). The fourth-order valence-corrected chi connectivity index (χ4v) is 2.76. The topological polar surface area (TPSA) is 79.5 Å². The molecule has 0 aromatic heterocycles. The van der Waals surface area contributed by atoms with E-state index in [1.54, 1.807) is 49.6 Å². The summed E-state index contributed by atoms with van der Waals surface area (Å²) in [6.45, 7) is 0.473. The molecule has 3 aromatic carbocycles. The van der Waals surface area contributed by atoms with Crippen LogP contribution in [-0.4, -0.2) is 25.5 Å². The zero-order chi connectivity index (χ0) is 20.5. The highest BCUT2D eigenvalue weighted by atomic mass is 16.5. The summed E-state index contributed by atoms with van der Waals surface area (Å²) in [4.78, 5) is 24.8. The van der Waals surface area contributed by atoms with E-state index in [9.17, 15) is 9.59 Å². The molecule has 6 heteroatoms. The van der Waals surface area contributed by atoms with E-state index in [0.29, 0.717) is 23.5 Å². The summed E-state index contributed by atoms with van der Waals surface area (Å²) in [5, 5.41) is 8.74. The Hall–Kier alpha value is -3.80. The van der Waals surface area contributed by atoms with E-state index in [4.69, 9.17) is 4.74 Å². The zero-order valence-corrected chi connectivity index (χ0v) is 16.1. The minimum atomic E-state index is -0.213. The Bertz CT molecular complexity index is 957. The Kier molecular flexibility index (Phi) is 6.84. The first-order chi connectivity index (χ1) is 14.2. The van der Waals surface area contributed by atoms with E-state index < -0.39 is 0 Å². The van der Waals surface area contributed by atoms with Gasteiger partial charge in [0.05, 0.1) is 19.2 Å². The third-order valence-electron chi connectivity index (χ3n) is 4.28. The minimum Gasteiger partial charge on any atom is -0.497 e. The van der Waals surface area contributed by atoms with Gasteiger partial charge in [-0.25, -0.2) is 0 Å². The number of rotatable bonds is 8. The van der Waals surface area contributed by atoms with Crippen molar-refractivity contribution in [3.8, 4) is 5.75 Å². The van der Waals surface area contributed by atoms with Gasteiger partial charge in [-0.15, -0.1) is 0 Å². The molecule has 3 N–H and O–H groups in total. The maximum atomic E-state index is 12.6. The van der Waals surface area contributed by atoms with Crippen LogP contribution in [0.5, 0.6) is 5.75 Å². The molecule has 0 radical (unpaired) electrons. The van der Waals surface area contributed by atoms with Crippen LogP contribution < -0.4 is 20.7 Å². The van der Waals surface area contributed by atoms with Crippen molar-refractivity contribution >= 4 is 23.2 Å². The van der Waals surface area contributed by atoms with Gasteiger partial charge in [-0.2, -0.15) is 0 Å². The predicted molar refractivity (Wildman–Crippen MR) is 114 cm³/mol. The number of carbonyl (C=O) groups excluding carboxylic acids is 2. The number of para-hydroxylation sites is 1. The van der Waals surface area contributed by atoms with Crippen molar-refractivity contribution in [1.82, 2.24) is 5.32 Å². The van der Waals surface area contributed by atoms with Crippen molar-refractivity contribution in [2.45, 2.75) is 6.54 Å². The van der Waals surface area contributed by atoms with Gasteiger partial charge >= 0.3 is 0 Å². The first kappa shape index (κ1) is 19.9. The van der Waals surface area contributed by atoms with Crippen molar-refractivity contribution in [3.05, 3.63) is 90.0 Å². The van der Waals surface area contributed by atoms with Gasteiger partial charge in [-0.3, -0.25) is 9.59 Å². The number of methoxy groups -OCH3 is 1. The van der Waals surface area contributed by atoms with E-state index in [1.165, 1.54) is 0 Å². The number of hydrogen-bond acceptors (Lipinski definition) is 4. The quantitative estimate of drug-likeness (QED) is 0.549. The Balaban J connectivity index is 1.56. The number of ether oxygens (including phenoxy) is 1. The van der Waals surface area contributed by atoms with Crippen LogP contribution in [0.2, 0.25) is 0 Å². The molecule has 0 fully saturated rings. The lowest BCUT2D eigenvalue weighted by molar-refractivity contribution is -0.114. The van der Waals surface area contributed by atoms with E-state index >= 15 is 0 Å². The summed E-state index contributed by atoms with van der Waals surface area (Å²) in [7, 11) is 1.59. The lowest BCUT2D eigenvalue weighted by Crippen LogP contribution is -2.26. The maximum Gasteiger partial charge on any atom is 0.253 e. The number of amides is 2. The van der Waals surface area contributed by atoms with Crippen LogP contribution in [0, 0.1) is 0 Å². The van der Waals surface area contributed by atoms with Crippen LogP contribution in [0.4, 0.5) is 11.4 Å². The summed E-state index contributed by atoms with van der Waals surface area (Å²) in [6, 6.07) is 23.9. The summed E-state index contributed by atoms with van der Waals surface area (Å²) in [6.07, 6.45) is 0. The molecule has 0 bridgehead atoms. The van der Waals surface area contributed by atoms with Crippen molar-refractivity contribution < 1.29 is 14.3 Å². The van der Waals surface area contributed by atoms with Crippen molar-refractivity contribution in [3.63, 3.8) is 0 Å². The molecular weight excluding hydrogens is 366 g/mol. The van der Waals surface area contributed by atoms with Gasteiger partial charge in [-0.05, 0) is 42.0 Å². The molecule has 0 saturated heterocycles. The second kappa shape index (κ2) is 9.94. The summed E-state index contributed by atoms with van der Waals surface area (Å²) < 4.78 is 5.10.